The molecule has 0 aliphatic heterocycles. The number of carboxylic acid groups (broad SMARTS) is 2. The standard InChI is InChI=1S/C11H6INO5/c12-6-3-1-5(2-4-6)9-13-7(10(14)15)8(18-9)11(16)17/h1-4H,(H,14,15)(H,16,17). The molecule has 18 heavy (non-hydrogen) atoms. The fraction of sp³-hybridized carbons (Fsp3) is 0. The van der Waals surface area contributed by atoms with Gasteiger partial charge in [0.05, 0.1) is 0 Å². The van der Waals surface area contributed by atoms with E-state index in [1.807, 2.05) is 0 Å². The lowest BCUT2D eigenvalue weighted by Gasteiger charge is -1.94. The number of carboxylic acids is 2. The molecule has 0 aliphatic rings. The van der Waals surface area contributed by atoms with Crippen molar-refractivity contribution in [2.45, 2.75) is 0 Å². The van der Waals surface area contributed by atoms with Crippen LogP contribution in [0.15, 0.2) is 28.7 Å². The highest BCUT2D eigenvalue weighted by atomic mass is 127. The normalized spacial score (nSPS) is 10.3. The van der Waals surface area contributed by atoms with E-state index in [4.69, 9.17) is 14.6 Å². The molecule has 0 spiro atoms. The summed E-state index contributed by atoms with van der Waals surface area (Å²) in [4.78, 5) is 25.3. The van der Waals surface area contributed by atoms with E-state index in [0.717, 1.165) is 3.57 Å². The van der Waals surface area contributed by atoms with E-state index in [-0.39, 0.29) is 5.89 Å². The van der Waals surface area contributed by atoms with Crippen LogP contribution in [0.2, 0.25) is 0 Å². The summed E-state index contributed by atoms with van der Waals surface area (Å²) in [5.41, 5.74) is -0.0820. The maximum Gasteiger partial charge on any atom is 0.374 e. The molecule has 92 valence electrons. The highest BCUT2D eigenvalue weighted by Crippen LogP contribution is 2.23. The lowest BCUT2D eigenvalue weighted by atomic mass is 10.2. The molecule has 1 heterocycles. The van der Waals surface area contributed by atoms with Gasteiger partial charge in [-0.1, -0.05) is 0 Å². The number of aromatic carboxylic acids is 2. The molecule has 2 aromatic rings. The van der Waals surface area contributed by atoms with Crippen molar-refractivity contribution in [3.05, 3.63) is 39.3 Å². The van der Waals surface area contributed by atoms with Crippen molar-refractivity contribution < 1.29 is 24.2 Å². The Morgan fingerprint density at radius 2 is 1.72 bits per heavy atom. The molecule has 0 radical (unpaired) electrons. The summed E-state index contributed by atoms with van der Waals surface area (Å²) in [6.07, 6.45) is 0. The fourth-order valence-electron chi connectivity index (χ4n) is 1.33. The van der Waals surface area contributed by atoms with Crippen LogP contribution in [0.25, 0.3) is 11.5 Å². The molecule has 0 bridgehead atoms. The molecule has 0 aliphatic carbocycles. The highest BCUT2D eigenvalue weighted by Gasteiger charge is 2.25. The Kier molecular flexibility index (Phi) is 3.32. The van der Waals surface area contributed by atoms with Gasteiger partial charge in [-0.2, -0.15) is 0 Å². The van der Waals surface area contributed by atoms with Crippen LogP contribution >= 0.6 is 22.6 Å². The monoisotopic (exact) mass is 359 g/mol. The van der Waals surface area contributed by atoms with Crippen LogP contribution in [0.3, 0.4) is 0 Å². The van der Waals surface area contributed by atoms with E-state index in [9.17, 15) is 9.59 Å². The predicted octanol–water partition coefficient (Wildman–Crippen LogP) is 2.34. The Bertz CT molecular complexity index is 585. The lowest BCUT2D eigenvalue weighted by molar-refractivity contribution is 0.0624. The van der Waals surface area contributed by atoms with Gasteiger partial charge in [-0.05, 0) is 46.9 Å². The number of benzene rings is 1. The Morgan fingerprint density at radius 3 is 2.17 bits per heavy atom. The summed E-state index contributed by atoms with van der Waals surface area (Å²) in [6, 6.07) is 6.90. The zero-order chi connectivity index (χ0) is 13.3. The quantitative estimate of drug-likeness (QED) is 0.816. The van der Waals surface area contributed by atoms with Crippen LogP contribution in [-0.2, 0) is 0 Å². The predicted molar refractivity (Wildman–Crippen MR) is 68.6 cm³/mol. The minimum absolute atomic E-state index is 0.0267. The number of aromatic nitrogens is 1. The second kappa shape index (κ2) is 4.77. The first-order valence-corrected chi connectivity index (χ1v) is 5.80. The number of carbonyl (C=O) groups is 2. The maximum absolute atomic E-state index is 10.8. The van der Waals surface area contributed by atoms with Crippen molar-refractivity contribution in [3.63, 3.8) is 0 Å². The second-order valence-electron chi connectivity index (χ2n) is 3.31. The molecule has 1 aromatic heterocycles. The van der Waals surface area contributed by atoms with Gasteiger partial charge in [0.2, 0.25) is 17.3 Å². The summed E-state index contributed by atoms with van der Waals surface area (Å²) < 4.78 is 5.96. The largest absolute Gasteiger partial charge is 0.476 e. The maximum atomic E-state index is 10.8. The van der Waals surface area contributed by atoms with E-state index >= 15 is 0 Å². The van der Waals surface area contributed by atoms with E-state index in [1.54, 1.807) is 24.3 Å². The number of hydrogen-bond donors (Lipinski definition) is 2. The van der Waals surface area contributed by atoms with E-state index in [0.29, 0.717) is 5.56 Å². The molecule has 2 rings (SSSR count). The molecular weight excluding hydrogens is 353 g/mol. The van der Waals surface area contributed by atoms with Gasteiger partial charge < -0.3 is 14.6 Å². The first kappa shape index (κ1) is 12.6. The average molecular weight is 359 g/mol. The molecule has 0 atom stereocenters. The summed E-state index contributed by atoms with van der Waals surface area (Å²) >= 11 is 2.11. The summed E-state index contributed by atoms with van der Waals surface area (Å²) in [5, 5.41) is 17.7. The number of rotatable bonds is 3. The van der Waals surface area contributed by atoms with Gasteiger partial charge >= 0.3 is 11.9 Å². The molecule has 0 unspecified atom stereocenters. The summed E-state index contributed by atoms with van der Waals surface area (Å²) in [6.45, 7) is 0. The topological polar surface area (TPSA) is 101 Å². The molecule has 2 N–H and O–H groups in total. The minimum atomic E-state index is -1.46. The molecule has 1 aromatic carbocycles. The number of hydrogen-bond acceptors (Lipinski definition) is 4. The Balaban J connectivity index is 2.53. The van der Waals surface area contributed by atoms with Crippen molar-refractivity contribution >= 4 is 34.5 Å². The van der Waals surface area contributed by atoms with Crippen molar-refractivity contribution in [1.82, 2.24) is 4.98 Å². The Labute approximate surface area is 114 Å². The average Bonchev–Trinajstić information content (AvgIpc) is 2.75. The molecular formula is C11H6INO5. The van der Waals surface area contributed by atoms with Gasteiger partial charge in [0.1, 0.15) is 0 Å². The van der Waals surface area contributed by atoms with Crippen molar-refractivity contribution in [2.24, 2.45) is 0 Å². The molecule has 7 heteroatoms. The van der Waals surface area contributed by atoms with Crippen LogP contribution in [0.1, 0.15) is 21.0 Å². The van der Waals surface area contributed by atoms with Gasteiger partial charge in [0, 0.05) is 9.13 Å². The first-order chi connectivity index (χ1) is 8.49. The van der Waals surface area contributed by atoms with Crippen molar-refractivity contribution in [2.75, 3.05) is 0 Å². The smallest absolute Gasteiger partial charge is 0.374 e. The van der Waals surface area contributed by atoms with Crippen molar-refractivity contribution in [3.8, 4) is 11.5 Å². The number of nitrogens with zero attached hydrogens (tertiary/aromatic N) is 1. The SMILES string of the molecule is O=C(O)c1nc(-c2ccc(I)cc2)oc1C(=O)O. The van der Waals surface area contributed by atoms with Crippen LogP contribution in [0.4, 0.5) is 0 Å². The van der Waals surface area contributed by atoms with Gasteiger partial charge in [0.25, 0.3) is 0 Å². The van der Waals surface area contributed by atoms with Crippen LogP contribution in [-0.4, -0.2) is 27.1 Å². The lowest BCUT2D eigenvalue weighted by Crippen LogP contribution is -2.05. The summed E-state index contributed by atoms with van der Waals surface area (Å²) in [7, 11) is 0. The second-order valence-corrected chi connectivity index (χ2v) is 4.56. The highest BCUT2D eigenvalue weighted by molar-refractivity contribution is 14.1. The third-order valence-corrected chi connectivity index (χ3v) is 2.83. The zero-order valence-corrected chi connectivity index (χ0v) is 10.9. The van der Waals surface area contributed by atoms with Gasteiger partial charge in [0.15, 0.2) is 0 Å². The number of halogens is 1. The van der Waals surface area contributed by atoms with Gasteiger partial charge in [-0.15, -0.1) is 0 Å². The van der Waals surface area contributed by atoms with Gasteiger partial charge in [-0.3, -0.25) is 0 Å². The van der Waals surface area contributed by atoms with Crippen LogP contribution in [0.5, 0.6) is 0 Å². The van der Waals surface area contributed by atoms with E-state index < -0.39 is 23.4 Å². The summed E-state index contributed by atoms with van der Waals surface area (Å²) in [5.74, 6) is -3.60. The van der Waals surface area contributed by atoms with Gasteiger partial charge in [-0.25, -0.2) is 14.6 Å². The third kappa shape index (κ3) is 2.35. The third-order valence-electron chi connectivity index (χ3n) is 2.12. The molecule has 0 fully saturated rings. The van der Waals surface area contributed by atoms with Crippen LogP contribution < -0.4 is 0 Å². The molecule has 0 amide bonds. The molecule has 0 saturated carbocycles. The number of oxazole rings is 1. The minimum Gasteiger partial charge on any atom is -0.476 e. The molecule has 6 nitrogen and oxygen atoms in total. The fourth-order valence-corrected chi connectivity index (χ4v) is 1.69. The first-order valence-electron chi connectivity index (χ1n) is 4.72. The zero-order valence-electron chi connectivity index (χ0n) is 8.75. The van der Waals surface area contributed by atoms with E-state index in [1.165, 1.54) is 0 Å². The Hall–Kier alpha value is -1.90. The Morgan fingerprint density at radius 1 is 1.11 bits per heavy atom. The van der Waals surface area contributed by atoms with Crippen molar-refractivity contribution in [1.29, 1.82) is 0 Å². The molecule has 0 saturated heterocycles. The van der Waals surface area contributed by atoms with E-state index in [2.05, 4.69) is 27.6 Å². The van der Waals surface area contributed by atoms with Crippen LogP contribution in [0, 0.1) is 3.57 Å².